The number of rotatable bonds is 10. The average Bonchev–Trinajstić information content (AvgIpc) is 3.41. The summed E-state index contributed by atoms with van der Waals surface area (Å²) in [6.45, 7) is 9.19. The van der Waals surface area contributed by atoms with E-state index in [1.165, 1.54) is 28.0 Å². The number of nitrogens with zero attached hydrogens (tertiary/aromatic N) is 3. The van der Waals surface area contributed by atoms with E-state index in [0.717, 1.165) is 36.1 Å². The minimum Gasteiger partial charge on any atom is -0.493 e. The summed E-state index contributed by atoms with van der Waals surface area (Å²) in [7, 11) is 1.88. The van der Waals surface area contributed by atoms with Crippen LogP contribution in [0.3, 0.4) is 0 Å². The molecule has 10 heteroatoms. The van der Waals surface area contributed by atoms with Gasteiger partial charge in [0.15, 0.2) is 11.0 Å². The number of esters is 1. The number of carbonyl (C=O) groups excluding carboxylic acids is 2. The Bertz CT molecular complexity index is 1250. The molecule has 0 aliphatic heterocycles. The zero-order valence-corrected chi connectivity index (χ0v) is 23.6. The first kappa shape index (κ1) is 27.2. The molecule has 198 valence electrons. The number of thioether (sulfide) groups is 1. The Morgan fingerprint density at radius 2 is 2.00 bits per heavy atom. The van der Waals surface area contributed by atoms with E-state index in [4.69, 9.17) is 9.47 Å². The van der Waals surface area contributed by atoms with Gasteiger partial charge in [-0.1, -0.05) is 32.5 Å². The van der Waals surface area contributed by atoms with E-state index < -0.39 is 0 Å². The van der Waals surface area contributed by atoms with E-state index in [1.807, 2.05) is 35.9 Å². The third-order valence-corrected chi connectivity index (χ3v) is 8.30. The number of nitrogens with one attached hydrogen (secondary N) is 1. The molecule has 2 aromatic heterocycles. The number of hydrogen-bond acceptors (Lipinski definition) is 8. The predicted octanol–water partition coefficient (Wildman–Crippen LogP) is 5.61. The molecule has 3 aromatic rings. The van der Waals surface area contributed by atoms with Crippen LogP contribution in [-0.2, 0) is 29.4 Å². The molecule has 0 saturated heterocycles. The standard InChI is InChI=1S/C27H34N4O4S2/c1-6-34-26(33)23-20-12-7-17(4)13-21(20)37-25(23)28-22(32)15-36-27-30-29-24(31(27)5)18-8-10-19(11-9-18)35-14-16(2)3/h8-11,16-17H,6-7,12-15H2,1-5H3,(H,28,32). The molecule has 0 fully saturated rings. The highest BCUT2D eigenvalue weighted by atomic mass is 32.2. The highest BCUT2D eigenvalue weighted by Crippen LogP contribution is 2.40. The van der Waals surface area contributed by atoms with Crippen LogP contribution in [0.4, 0.5) is 5.00 Å². The fourth-order valence-electron chi connectivity index (χ4n) is 4.21. The summed E-state index contributed by atoms with van der Waals surface area (Å²) in [5.74, 6) is 2.14. The number of fused-ring (bicyclic) bond motifs is 1. The molecule has 4 rings (SSSR count). The molecule has 1 N–H and O–H groups in total. The Kier molecular flexibility index (Phi) is 8.91. The summed E-state index contributed by atoms with van der Waals surface area (Å²) in [6, 6.07) is 7.76. The summed E-state index contributed by atoms with van der Waals surface area (Å²) in [5, 5.41) is 12.8. The molecule has 1 aliphatic rings. The second-order valence-corrected chi connectivity index (χ2v) is 11.8. The van der Waals surface area contributed by atoms with Crippen molar-refractivity contribution in [2.24, 2.45) is 18.9 Å². The van der Waals surface area contributed by atoms with Gasteiger partial charge in [0.25, 0.3) is 0 Å². The predicted molar refractivity (Wildman–Crippen MR) is 148 cm³/mol. The Morgan fingerprint density at radius 3 is 2.70 bits per heavy atom. The van der Waals surface area contributed by atoms with Crippen molar-refractivity contribution in [3.8, 4) is 17.1 Å². The lowest BCUT2D eigenvalue weighted by atomic mass is 9.88. The van der Waals surface area contributed by atoms with Crippen LogP contribution in [0.2, 0.25) is 0 Å². The summed E-state index contributed by atoms with van der Waals surface area (Å²) in [5.41, 5.74) is 2.47. The Labute approximate surface area is 226 Å². The van der Waals surface area contributed by atoms with Crippen molar-refractivity contribution in [2.45, 2.75) is 52.1 Å². The second-order valence-electron chi connectivity index (χ2n) is 9.71. The van der Waals surface area contributed by atoms with E-state index in [9.17, 15) is 9.59 Å². The molecule has 1 aliphatic carbocycles. The number of anilines is 1. The molecule has 1 amide bonds. The maximum Gasteiger partial charge on any atom is 0.341 e. The van der Waals surface area contributed by atoms with Gasteiger partial charge in [0.1, 0.15) is 10.8 Å². The monoisotopic (exact) mass is 542 g/mol. The molecule has 0 radical (unpaired) electrons. The second kappa shape index (κ2) is 12.1. The van der Waals surface area contributed by atoms with Gasteiger partial charge in [-0.05, 0) is 67.9 Å². The highest BCUT2D eigenvalue weighted by molar-refractivity contribution is 7.99. The zero-order chi connectivity index (χ0) is 26.5. The van der Waals surface area contributed by atoms with Gasteiger partial charge in [0.05, 0.1) is 24.5 Å². The molecule has 0 saturated carbocycles. The fourth-order valence-corrected chi connectivity index (χ4v) is 6.33. The summed E-state index contributed by atoms with van der Waals surface area (Å²) >= 11 is 2.80. The van der Waals surface area contributed by atoms with E-state index in [-0.39, 0.29) is 17.6 Å². The van der Waals surface area contributed by atoms with Crippen molar-refractivity contribution in [2.75, 3.05) is 24.3 Å². The lowest BCUT2D eigenvalue weighted by molar-refractivity contribution is -0.113. The van der Waals surface area contributed by atoms with Crippen molar-refractivity contribution >= 4 is 40.0 Å². The number of carbonyl (C=O) groups is 2. The minimum atomic E-state index is -0.365. The number of thiophene rings is 1. The molecule has 1 aromatic carbocycles. The van der Waals surface area contributed by atoms with Gasteiger partial charge in [0.2, 0.25) is 5.91 Å². The molecule has 2 heterocycles. The topological polar surface area (TPSA) is 95.3 Å². The molecule has 1 unspecified atom stereocenters. The maximum atomic E-state index is 12.9. The van der Waals surface area contributed by atoms with Gasteiger partial charge in [0, 0.05) is 17.5 Å². The molecule has 1 atom stereocenters. The van der Waals surface area contributed by atoms with Crippen LogP contribution in [0.15, 0.2) is 29.4 Å². The number of amides is 1. The van der Waals surface area contributed by atoms with Gasteiger partial charge in [-0.3, -0.25) is 4.79 Å². The fraction of sp³-hybridized carbons (Fsp3) is 0.481. The SMILES string of the molecule is CCOC(=O)c1c(NC(=O)CSc2nnc(-c3ccc(OCC(C)C)cc3)n2C)sc2c1CCC(C)C2. The van der Waals surface area contributed by atoms with E-state index >= 15 is 0 Å². The number of ether oxygens (including phenoxy) is 2. The van der Waals surface area contributed by atoms with Crippen LogP contribution < -0.4 is 10.1 Å². The van der Waals surface area contributed by atoms with Crippen LogP contribution >= 0.6 is 23.1 Å². The van der Waals surface area contributed by atoms with Crippen LogP contribution in [0.25, 0.3) is 11.4 Å². The largest absolute Gasteiger partial charge is 0.493 e. The quantitative estimate of drug-likeness (QED) is 0.263. The van der Waals surface area contributed by atoms with Crippen molar-refractivity contribution in [3.05, 3.63) is 40.3 Å². The molecular weight excluding hydrogens is 508 g/mol. The number of benzene rings is 1. The van der Waals surface area contributed by atoms with E-state index in [2.05, 4.69) is 36.3 Å². The molecule has 0 bridgehead atoms. The summed E-state index contributed by atoms with van der Waals surface area (Å²) < 4.78 is 12.9. The van der Waals surface area contributed by atoms with Crippen molar-refractivity contribution in [3.63, 3.8) is 0 Å². The van der Waals surface area contributed by atoms with Crippen LogP contribution in [-0.4, -0.2) is 45.6 Å². The third kappa shape index (κ3) is 6.54. The zero-order valence-electron chi connectivity index (χ0n) is 22.0. The van der Waals surface area contributed by atoms with Crippen molar-refractivity contribution in [1.29, 1.82) is 0 Å². The number of aromatic nitrogens is 3. The van der Waals surface area contributed by atoms with Crippen molar-refractivity contribution in [1.82, 2.24) is 14.8 Å². The van der Waals surface area contributed by atoms with Gasteiger partial charge in [-0.15, -0.1) is 21.5 Å². The van der Waals surface area contributed by atoms with Crippen LogP contribution in [0.5, 0.6) is 5.75 Å². The lowest BCUT2D eigenvalue weighted by Gasteiger charge is -2.18. The van der Waals surface area contributed by atoms with Gasteiger partial charge in [-0.25, -0.2) is 4.79 Å². The Balaban J connectivity index is 1.41. The van der Waals surface area contributed by atoms with Gasteiger partial charge in [-0.2, -0.15) is 0 Å². The lowest BCUT2D eigenvalue weighted by Crippen LogP contribution is -2.18. The van der Waals surface area contributed by atoms with Crippen LogP contribution in [0, 0.1) is 11.8 Å². The first-order valence-electron chi connectivity index (χ1n) is 12.6. The van der Waals surface area contributed by atoms with Gasteiger partial charge >= 0.3 is 5.97 Å². The molecule has 0 spiro atoms. The maximum absolute atomic E-state index is 12.9. The third-order valence-electron chi connectivity index (χ3n) is 6.11. The summed E-state index contributed by atoms with van der Waals surface area (Å²) in [4.78, 5) is 26.8. The summed E-state index contributed by atoms with van der Waals surface area (Å²) in [6.07, 6.45) is 2.78. The van der Waals surface area contributed by atoms with Crippen molar-refractivity contribution < 1.29 is 19.1 Å². The molecule has 37 heavy (non-hydrogen) atoms. The smallest absolute Gasteiger partial charge is 0.341 e. The first-order valence-corrected chi connectivity index (χ1v) is 14.4. The minimum absolute atomic E-state index is 0.148. The first-order chi connectivity index (χ1) is 17.8. The normalized spacial score (nSPS) is 14.9. The number of hydrogen-bond donors (Lipinski definition) is 1. The average molecular weight is 543 g/mol. The highest BCUT2D eigenvalue weighted by Gasteiger charge is 2.29. The van der Waals surface area contributed by atoms with E-state index in [1.54, 1.807) is 6.92 Å². The Hall–Kier alpha value is -2.85. The Morgan fingerprint density at radius 1 is 1.24 bits per heavy atom. The molecular formula is C27H34N4O4S2. The van der Waals surface area contributed by atoms with Gasteiger partial charge < -0.3 is 19.4 Å². The van der Waals surface area contributed by atoms with E-state index in [0.29, 0.717) is 46.6 Å². The molecule has 8 nitrogen and oxygen atoms in total. The van der Waals surface area contributed by atoms with Crippen LogP contribution in [0.1, 0.15) is 54.9 Å².